The predicted molar refractivity (Wildman–Crippen MR) is 117 cm³/mol. The summed E-state index contributed by atoms with van der Waals surface area (Å²) in [5.74, 6) is -2.01. The maximum Gasteiger partial charge on any atom is 0.327 e. The van der Waals surface area contributed by atoms with Gasteiger partial charge in [-0.1, -0.05) is 31.7 Å². The highest BCUT2D eigenvalue weighted by Crippen LogP contribution is 2.13. The molecule has 2 aromatic rings. The number of hydrogen-bond donors (Lipinski definition) is 4. The van der Waals surface area contributed by atoms with Crippen molar-refractivity contribution in [3.8, 4) is 0 Å². The monoisotopic (exact) mass is 492 g/mol. The molecule has 0 aliphatic carbocycles. The van der Waals surface area contributed by atoms with Crippen LogP contribution in [0.15, 0.2) is 60.8 Å². The summed E-state index contributed by atoms with van der Waals surface area (Å²) >= 11 is 2.15. The Hall–Kier alpha value is -2.88. The van der Waals surface area contributed by atoms with E-state index in [1.807, 2.05) is 37.3 Å². The molecule has 0 spiro atoms. The second-order valence-corrected chi connectivity index (χ2v) is 7.17. The fourth-order valence-corrected chi connectivity index (χ4v) is 2.77. The highest BCUT2D eigenvalue weighted by atomic mass is 127. The Morgan fingerprint density at radius 3 is 2.29 bits per heavy atom. The third kappa shape index (κ3) is 7.03. The van der Waals surface area contributed by atoms with Gasteiger partial charge in [-0.15, -0.1) is 0 Å². The van der Waals surface area contributed by atoms with Crippen LogP contribution in [0.5, 0.6) is 0 Å². The van der Waals surface area contributed by atoms with Crippen LogP contribution in [0.4, 0.5) is 11.4 Å². The molecule has 0 aromatic heterocycles. The molecule has 7 nitrogen and oxygen atoms in total. The highest BCUT2D eigenvalue weighted by molar-refractivity contribution is 14.1. The second kappa shape index (κ2) is 10.5. The predicted octanol–water partition coefficient (Wildman–Crippen LogP) is 2.96. The van der Waals surface area contributed by atoms with Crippen molar-refractivity contribution in [3.63, 3.8) is 0 Å². The molecule has 0 heterocycles. The van der Waals surface area contributed by atoms with Crippen LogP contribution in [-0.4, -0.2) is 17.7 Å². The molecule has 0 aliphatic heterocycles. The molecule has 2 rings (SSSR count). The summed E-state index contributed by atoms with van der Waals surface area (Å²) in [6.07, 6.45) is 0.823. The van der Waals surface area contributed by atoms with E-state index < -0.39 is 11.8 Å². The molecule has 28 heavy (non-hydrogen) atoms. The fourth-order valence-electron chi connectivity index (χ4n) is 2.22. The van der Waals surface area contributed by atoms with Crippen LogP contribution >= 0.6 is 22.6 Å². The minimum Gasteiger partial charge on any atom is -0.326 e. The van der Waals surface area contributed by atoms with Gasteiger partial charge < -0.3 is 16.1 Å². The molecular formula is C20H21IN4O3. The van der Waals surface area contributed by atoms with Gasteiger partial charge in [-0.2, -0.15) is 0 Å². The Kier molecular flexibility index (Phi) is 8.00. The number of rotatable bonds is 7. The van der Waals surface area contributed by atoms with E-state index in [1.165, 1.54) is 0 Å². The van der Waals surface area contributed by atoms with Gasteiger partial charge in [-0.05, 0) is 64.9 Å². The van der Waals surface area contributed by atoms with Crippen molar-refractivity contribution in [2.24, 2.45) is 0 Å². The minimum absolute atomic E-state index is 0.0636. The number of amides is 3. The maximum atomic E-state index is 12.0. The molecule has 0 unspecified atom stereocenters. The van der Waals surface area contributed by atoms with E-state index in [-0.39, 0.29) is 18.0 Å². The van der Waals surface area contributed by atoms with Gasteiger partial charge in [-0.3, -0.25) is 19.8 Å². The number of aryl methyl sites for hydroxylation is 1. The normalized spacial score (nSPS) is 9.93. The lowest BCUT2D eigenvalue weighted by Gasteiger charge is -2.11. The summed E-state index contributed by atoms with van der Waals surface area (Å²) < 4.78 is 0.995. The summed E-state index contributed by atoms with van der Waals surface area (Å²) in [5, 5.41) is 5.22. The molecule has 0 saturated heterocycles. The summed E-state index contributed by atoms with van der Waals surface area (Å²) in [6, 6.07) is 14.6. The Labute approximate surface area is 177 Å². The van der Waals surface area contributed by atoms with E-state index in [2.05, 4.69) is 50.7 Å². The van der Waals surface area contributed by atoms with Crippen LogP contribution in [0.25, 0.3) is 0 Å². The molecule has 0 bridgehead atoms. The van der Waals surface area contributed by atoms with Crippen LogP contribution in [0, 0.1) is 3.57 Å². The third-order valence-electron chi connectivity index (χ3n) is 3.66. The first-order chi connectivity index (χ1) is 13.4. The van der Waals surface area contributed by atoms with Gasteiger partial charge in [-0.25, -0.2) is 0 Å². The highest BCUT2D eigenvalue weighted by Gasteiger charge is 2.14. The molecule has 0 saturated carbocycles. The van der Waals surface area contributed by atoms with Gasteiger partial charge in [0.2, 0.25) is 5.91 Å². The first kappa shape index (κ1) is 21.4. The van der Waals surface area contributed by atoms with Crippen molar-refractivity contribution in [2.75, 3.05) is 10.6 Å². The molecule has 0 atom stereocenters. The van der Waals surface area contributed by atoms with Gasteiger partial charge in [0.05, 0.1) is 6.42 Å². The van der Waals surface area contributed by atoms with Crippen LogP contribution in [0.3, 0.4) is 0 Å². The molecule has 146 valence electrons. The third-order valence-corrected chi connectivity index (χ3v) is 4.33. The average Bonchev–Trinajstić information content (AvgIpc) is 2.66. The van der Waals surface area contributed by atoms with Gasteiger partial charge in [0.15, 0.2) is 0 Å². The molecule has 0 radical (unpaired) electrons. The summed E-state index contributed by atoms with van der Waals surface area (Å²) in [6.45, 7) is 5.70. The van der Waals surface area contributed by atoms with Crippen molar-refractivity contribution in [3.05, 3.63) is 69.9 Å². The van der Waals surface area contributed by atoms with Crippen molar-refractivity contribution in [1.29, 1.82) is 0 Å². The lowest BCUT2D eigenvalue weighted by Crippen LogP contribution is -2.43. The zero-order chi connectivity index (χ0) is 20.5. The Balaban J connectivity index is 1.75. The SMILES string of the molecule is C=C(CC(=O)Nc1cccc(I)c1)NNC(=O)C(=O)Nc1ccc(CC)cc1. The number of halogens is 1. The minimum atomic E-state index is -0.890. The van der Waals surface area contributed by atoms with Crippen LogP contribution in [-0.2, 0) is 20.8 Å². The Morgan fingerprint density at radius 2 is 1.64 bits per heavy atom. The number of hydrazine groups is 1. The average molecular weight is 492 g/mol. The number of benzene rings is 2. The molecular weight excluding hydrogens is 471 g/mol. The number of hydrogen-bond acceptors (Lipinski definition) is 4. The van der Waals surface area contributed by atoms with E-state index in [4.69, 9.17) is 0 Å². The van der Waals surface area contributed by atoms with Crippen molar-refractivity contribution in [2.45, 2.75) is 19.8 Å². The zero-order valence-electron chi connectivity index (χ0n) is 15.3. The van der Waals surface area contributed by atoms with Crippen molar-refractivity contribution in [1.82, 2.24) is 10.9 Å². The molecule has 2 aromatic carbocycles. The quantitative estimate of drug-likeness (QED) is 0.272. The van der Waals surface area contributed by atoms with Crippen molar-refractivity contribution < 1.29 is 14.4 Å². The van der Waals surface area contributed by atoms with E-state index in [9.17, 15) is 14.4 Å². The summed E-state index contributed by atoms with van der Waals surface area (Å²) in [7, 11) is 0. The number of carbonyl (C=O) groups excluding carboxylic acids is 3. The Morgan fingerprint density at radius 1 is 0.929 bits per heavy atom. The fraction of sp³-hybridized carbons (Fsp3) is 0.150. The van der Waals surface area contributed by atoms with Crippen LogP contribution in [0.1, 0.15) is 18.9 Å². The molecule has 0 fully saturated rings. The largest absolute Gasteiger partial charge is 0.327 e. The van der Waals surface area contributed by atoms with E-state index in [0.717, 1.165) is 15.6 Å². The van der Waals surface area contributed by atoms with Crippen molar-refractivity contribution >= 4 is 51.7 Å². The van der Waals surface area contributed by atoms with Crippen LogP contribution < -0.4 is 21.5 Å². The second-order valence-electron chi connectivity index (χ2n) is 5.92. The first-order valence-corrected chi connectivity index (χ1v) is 9.64. The topological polar surface area (TPSA) is 99.3 Å². The smallest absolute Gasteiger partial charge is 0.326 e. The number of carbonyl (C=O) groups is 3. The molecule has 4 N–H and O–H groups in total. The van der Waals surface area contributed by atoms with Gasteiger partial charge in [0.25, 0.3) is 0 Å². The van der Waals surface area contributed by atoms with Crippen LogP contribution in [0.2, 0.25) is 0 Å². The molecule has 8 heteroatoms. The lowest BCUT2D eigenvalue weighted by atomic mass is 10.1. The van der Waals surface area contributed by atoms with Gasteiger partial charge in [0.1, 0.15) is 0 Å². The number of anilines is 2. The van der Waals surface area contributed by atoms with Gasteiger partial charge >= 0.3 is 11.8 Å². The number of nitrogens with one attached hydrogen (secondary N) is 4. The maximum absolute atomic E-state index is 12.0. The standard InChI is InChI=1S/C20H21IN4O3/c1-3-14-7-9-16(10-8-14)23-19(27)20(28)25-24-13(2)11-18(26)22-17-6-4-5-15(21)12-17/h4-10,12,24H,2-3,11H2,1H3,(H,22,26)(H,23,27)(H,25,28). The zero-order valence-corrected chi connectivity index (χ0v) is 17.5. The summed E-state index contributed by atoms with van der Waals surface area (Å²) in [5.41, 5.74) is 7.27. The first-order valence-electron chi connectivity index (χ1n) is 8.57. The molecule has 0 aliphatic rings. The lowest BCUT2D eigenvalue weighted by molar-refractivity contribution is -0.136. The summed E-state index contributed by atoms with van der Waals surface area (Å²) in [4.78, 5) is 35.8. The van der Waals surface area contributed by atoms with E-state index in [1.54, 1.807) is 18.2 Å². The molecule has 3 amide bonds. The van der Waals surface area contributed by atoms with Gasteiger partial charge in [0, 0.05) is 20.6 Å². The Bertz CT molecular complexity index is 881. The van der Waals surface area contributed by atoms with E-state index in [0.29, 0.717) is 11.4 Å². The van der Waals surface area contributed by atoms with E-state index >= 15 is 0 Å².